The van der Waals surface area contributed by atoms with Gasteiger partial charge in [0.05, 0.1) is 30.0 Å². The maximum Gasteiger partial charge on any atom is 0.421 e. The number of halogens is 3. The van der Waals surface area contributed by atoms with Crippen LogP contribution >= 0.6 is 0 Å². The van der Waals surface area contributed by atoms with Crippen LogP contribution in [0.1, 0.15) is 25.1 Å². The van der Waals surface area contributed by atoms with Gasteiger partial charge in [-0.05, 0) is 20.8 Å². The van der Waals surface area contributed by atoms with Crippen LogP contribution in [0.2, 0.25) is 0 Å². The number of allylic oxidation sites excluding steroid dienone is 1. The van der Waals surface area contributed by atoms with E-state index in [4.69, 9.17) is 10.5 Å². The first-order valence-corrected chi connectivity index (χ1v) is 9.45. The van der Waals surface area contributed by atoms with Crippen LogP contribution in [0, 0.1) is 6.92 Å². The third-order valence-electron chi connectivity index (χ3n) is 5.18. The summed E-state index contributed by atoms with van der Waals surface area (Å²) in [6.45, 7) is 9.73. The van der Waals surface area contributed by atoms with E-state index >= 15 is 0 Å². The molecule has 1 saturated heterocycles. The smallest absolute Gasteiger partial charge is 0.379 e. The monoisotopic (exact) mass is 415 g/mol. The molecular weight excluding hydrogens is 387 g/mol. The summed E-state index contributed by atoms with van der Waals surface area (Å²) in [6.07, 6.45) is -2.03. The van der Waals surface area contributed by atoms with Gasteiger partial charge in [0, 0.05) is 39.1 Å². The minimum absolute atomic E-state index is 0.227. The normalized spacial score (nSPS) is 24.0. The van der Waals surface area contributed by atoms with Gasteiger partial charge < -0.3 is 15.4 Å². The van der Waals surface area contributed by atoms with Crippen molar-refractivity contribution < 1.29 is 17.9 Å². The van der Waals surface area contributed by atoms with E-state index in [2.05, 4.69) is 39.5 Å². The van der Waals surface area contributed by atoms with Gasteiger partial charge in [-0.3, -0.25) is 15.3 Å². The van der Waals surface area contributed by atoms with Crippen LogP contribution in [0.25, 0.3) is 0 Å². The molecule has 1 unspecified atom stereocenters. The SMILES string of the molecule is CNC1=C(C(F)(F)F)C=NC(N)(c2cn(C(C)(C)CN3CCOCC3)nc2C)N1. The molecule has 8 nitrogen and oxygen atoms in total. The maximum atomic E-state index is 13.2. The Kier molecular flexibility index (Phi) is 5.67. The lowest BCUT2D eigenvalue weighted by Gasteiger charge is -2.35. The Morgan fingerprint density at radius 2 is 1.97 bits per heavy atom. The van der Waals surface area contributed by atoms with Crippen LogP contribution < -0.4 is 16.4 Å². The van der Waals surface area contributed by atoms with E-state index < -0.39 is 17.5 Å². The Morgan fingerprint density at radius 1 is 1.31 bits per heavy atom. The van der Waals surface area contributed by atoms with Crippen LogP contribution in [0.5, 0.6) is 0 Å². The number of nitrogens with zero attached hydrogens (tertiary/aromatic N) is 4. The fraction of sp³-hybridized carbons (Fsp3) is 0.667. The zero-order valence-electron chi connectivity index (χ0n) is 17.1. The lowest BCUT2D eigenvalue weighted by molar-refractivity contribution is -0.0875. The third kappa shape index (κ3) is 4.41. The average molecular weight is 415 g/mol. The maximum absolute atomic E-state index is 13.2. The highest BCUT2D eigenvalue weighted by Gasteiger charge is 2.42. The van der Waals surface area contributed by atoms with Gasteiger partial charge in [-0.15, -0.1) is 0 Å². The largest absolute Gasteiger partial charge is 0.421 e. The van der Waals surface area contributed by atoms with Crippen molar-refractivity contribution in [3.05, 3.63) is 28.8 Å². The molecule has 162 valence electrons. The first-order valence-electron chi connectivity index (χ1n) is 9.45. The predicted octanol–water partition coefficient (Wildman–Crippen LogP) is 0.995. The average Bonchev–Trinajstić information content (AvgIpc) is 3.04. The highest BCUT2D eigenvalue weighted by molar-refractivity contribution is 5.82. The summed E-state index contributed by atoms with van der Waals surface area (Å²) in [5.41, 5.74) is 6.21. The molecule has 1 atom stereocenters. The van der Waals surface area contributed by atoms with Gasteiger partial charge in [-0.2, -0.15) is 18.3 Å². The minimum Gasteiger partial charge on any atom is -0.379 e. The van der Waals surface area contributed by atoms with Crippen LogP contribution in [0.15, 0.2) is 22.6 Å². The Balaban J connectivity index is 1.86. The lowest BCUT2D eigenvalue weighted by Crippen LogP contribution is -2.54. The van der Waals surface area contributed by atoms with Crippen molar-refractivity contribution in [1.29, 1.82) is 0 Å². The van der Waals surface area contributed by atoms with Gasteiger partial charge in [-0.1, -0.05) is 0 Å². The first kappa shape index (κ1) is 21.6. The predicted molar refractivity (Wildman–Crippen MR) is 103 cm³/mol. The van der Waals surface area contributed by atoms with Gasteiger partial charge in [-0.25, -0.2) is 4.99 Å². The van der Waals surface area contributed by atoms with Crippen molar-refractivity contribution >= 4 is 6.21 Å². The summed E-state index contributed by atoms with van der Waals surface area (Å²) in [4.78, 5) is 6.29. The van der Waals surface area contributed by atoms with Crippen molar-refractivity contribution in [3.8, 4) is 0 Å². The zero-order chi connectivity index (χ0) is 21.4. The molecular formula is C18H28F3N7O. The van der Waals surface area contributed by atoms with E-state index in [0.29, 0.717) is 24.5 Å². The number of aromatic nitrogens is 2. The van der Waals surface area contributed by atoms with E-state index in [0.717, 1.165) is 25.8 Å². The number of morpholine rings is 1. The number of aliphatic imine (C=N–C) groups is 1. The second-order valence-corrected chi connectivity index (χ2v) is 7.96. The van der Waals surface area contributed by atoms with E-state index in [1.54, 1.807) is 17.8 Å². The molecule has 2 aliphatic rings. The third-order valence-corrected chi connectivity index (χ3v) is 5.18. The van der Waals surface area contributed by atoms with Crippen molar-refractivity contribution in [2.45, 2.75) is 38.3 Å². The van der Waals surface area contributed by atoms with E-state index in [9.17, 15) is 13.2 Å². The number of nitrogens with two attached hydrogens (primary N) is 1. The molecule has 29 heavy (non-hydrogen) atoms. The molecule has 3 rings (SSSR count). The van der Waals surface area contributed by atoms with Crippen LogP contribution in [-0.2, 0) is 16.1 Å². The fourth-order valence-electron chi connectivity index (χ4n) is 3.59. The van der Waals surface area contributed by atoms with E-state index in [1.807, 2.05) is 0 Å². The number of nitrogens with one attached hydrogen (secondary N) is 2. The molecule has 0 bridgehead atoms. The fourth-order valence-corrected chi connectivity index (χ4v) is 3.59. The topological polar surface area (TPSA) is 92.7 Å². The molecule has 0 aliphatic carbocycles. The number of hydrogen-bond acceptors (Lipinski definition) is 7. The molecule has 0 aromatic carbocycles. The molecule has 0 saturated carbocycles. The number of rotatable bonds is 5. The van der Waals surface area contributed by atoms with Crippen LogP contribution in [0.4, 0.5) is 13.2 Å². The zero-order valence-corrected chi connectivity index (χ0v) is 17.1. The molecule has 0 spiro atoms. The van der Waals surface area contributed by atoms with Crippen molar-refractivity contribution in [1.82, 2.24) is 25.3 Å². The van der Waals surface area contributed by atoms with Crippen molar-refractivity contribution in [3.63, 3.8) is 0 Å². The first-order chi connectivity index (χ1) is 13.5. The molecule has 4 N–H and O–H groups in total. The van der Waals surface area contributed by atoms with Gasteiger partial charge in [0.25, 0.3) is 0 Å². The molecule has 0 radical (unpaired) electrons. The molecule has 2 aliphatic heterocycles. The summed E-state index contributed by atoms with van der Waals surface area (Å²) in [7, 11) is 1.40. The summed E-state index contributed by atoms with van der Waals surface area (Å²) in [6, 6.07) is 0. The molecule has 11 heteroatoms. The lowest BCUT2D eigenvalue weighted by atomic mass is 10.0. The number of alkyl halides is 3. The van der Waals surface area contributed by atoms with Gasteiger partial charge >= 0.3 is 6.18 Å². The Hall–Kier alpha value is -2.11. The van der Waals surface area contributed by atoms with Crippen LogP contribution in [-0.4, -0.2) is 67.0 Å². The molecule has 3 heterocycles. The Labute approximate surface area is 168 Å². The quantitative estimate of drug-likeness (QED) is 0.665. The second-order valence-electron chi connectivity index (χ2n) is 7.96. The summed E-state index contributed by atoms with van der Waals surface area (Å²) >= 11 is 0. The number of aryl methyl sites for hydroxylation is 1. The van der Waals surface area contributed by atoms with Crippen molar-refractivity contribution in [2.75, 3.05) is 39.9 Å². The molecule has 1 aromatic rings. The van der Waals surface area contributed by atoms with Gasteiger partial charge in [0.2, 0.25) is 5.79 Å². The number of ether oxygens (including phenoxy) is 1. The van der Waals surface area contributed by atoms with Crippen molar-refractivity contribution in [2.24, 2.45) is 10.7 Å². The second kappa shape index (κ2) is 7.62. The number of hydrogen-bond donors (Lipinski definition) is 3. The van der Waals surface area contributed by atoms with Gasteiger partial charge in [0.15, 0.2) is 0 Å². The Morgan fingerprint density at radius 3 is 2.55 bits per heavy atom. The van der Waals surface area contributed by atoms with Crippen LogP contribution in [0.3, 0.4) is 0 Å². The Bertz CT molecular complexity index is 809. The summed E-state index contributed by atoms with van der Waals surface area (Å²) in [5, 5.41) is 9.81. The minimum atomic E-state index is -4.55. The van der Waals surface area contributed by atoms with E-state index in [-0.39, 0.29) is 11.4 Å². The molecule has 1 fully saturated rings. The summed E-state index contributed by atoms with van der Waals surface area (Å²) < 4.78 is 46.8. The molecule has 0 amide bonds. The highest BCUT2D eigenvalue weighted by Crippen LogP contribution is 2.32. The highest BCUT2D eigenvalue weighted by atomic mass is 19.4. The standard InChI is InChI=1S/C18H28F3N7O/c1-12-14(18(22)24-9-13(17(19,20)21)15(23-4)25-18)10-28(26-12)16(2,3)11-27-5-7-29-8-6-27/h9-10,23,25H,5-8,11,22H2,1-4H3. The van der Waals surface area contributed by atoms with E-state index in [1.165, 1.54) is 7.05 Å². The molecule has 1 aromatic heterocycles. The summed E-state index contributed by atoms with van der Waals surface area (Å²) in [5.74, 6) is -1.78. The van der Waals surface area contributed by atoms with Gasteiger partial charge in [0.1, 0.15) is 11.4 Å².